The molecular weight excluding hydrogens is 340 g/mol. The zero-order valence-corrected chi connectivity index (χ0v) is 15.9. The molecule has 0 aliphatic rings. The SMILES string of the molecule is COC(=O)C(Cc1ccc(NCCCn2ccc3ccccc32)cc1)OC. The Morgan fingerprint density at radius 2 is 1.85 bits per heavy atom. The maximum atomic E-state index is 11.6. The van der Waals surface area contributed by atoms with E-state index >= 15 is 0 Å². The monoisotopic (exact) mass is 366 g/mol. The molecule has 0 radical (unpaired) electrons. The number of aryl methyl sites for hydroxylation is 1. The Balaban J connectivity index is 1.47. The van der Waals surface area contributed by atoms with Crippen molar-refractivity contribution in [3.8, 4) is 0 Å². The topological polar surface area (TPSA) is 52.5 Å². The molecule has 0 aliphatic carbocycles. The first kappa shape index (κ1) is 19.0. The van der Waals surface area contributed by atoms with E-state index in [1.165, 1.54) is 25.1 Å². The van der Waals surface area contributed by atoms with Gasteiger partial charge in [0.15, 0.2) is 6.10 Å². The minimum atomic E-state index is -0.565. The fraction of sp³-hybridized carbons (Fsp3) is 0.318. The average molecular weight is 366 g/mol. The Morgan fingerprint density at radius 1 is 1.07 bits per heavy atom. The highest BCUT2D eigenvalue weighted by Gasteiger charge is 2.18. The Kier molecular flexibility index (Phi) is 6.49. The lowest BCUT2D eigenvalue weighted by atomic mass is 10.1. The Labute approximate surface area is 159 Å². The highest BCUT2D eigenvalue weighted by atomic mass is 16.6. The van der Waals surface area contributed by atoms with Gasteiger partial charge in [0, 0.05) is 44.0 Å². The van der Waals surface area contributed by atoms with Gasteiger partial charge in [-0.2, -0.15) is 0 Å². The van der Waals surface area contributed by atoms with Gasteiger partial charge in [0.25, 0.3) is 0 Å². The third-order valence-corrected chi connectivity index (χ3v) is 4.71. The predicted molar refractivity (Wildman–Crippen MR) is 108 cm³/mol. The Morgan fingerprint density at radius 3 is 2.59 bits per heavy atom. The second-order valence-corrected chi connectivity index (χ2v) is 6.50. The fourth-order valence-electron chi connectivity index (χ4n) is 3.18. The van der Waals surface area contributed by atoms with Crippen molar-refractivity contribution < 1.29 is 14.3 Å². The van der Waals surface area contributed by atoms with Gasteiger partial charge in [0.05, 0.1) is 7.11 Å². The van der Waals surface area contributed by atoms with Crippen LogP contribution < -0.4 is 5.32 Å². The van der Waals surface area contributed by atoms with Crippen molar-refractivity contribution in [2.45, 2.75) is 25.5 Å². The highest BCUT2D eigenvalue weighted by Crippen LogP contribution is 2.16. The van der Waals surface area contributed by atoms with Crippen LogP contribution in [0.5, 0.6) is 0 Å². The van der Waals surface area contributed by atoms with Gasteiger partial charge in [0.1, 0.15) is 0 Å². The van der Waals surface area contributed by atoms with Gasteiger partial charge >= 0.3 is 5.97 Å². The molecule has 2 aromatic carbocycles. The van der Waals surface area contributed by atoms with E-state index in [-0.39, 0.29) is 5.97 Å². The van der Waals surface area contributed by atoms with Gasteiger partial charge < -0.3 is 19.4 Å². The van der Waals surface area contributed by atoms with Crippen molar-refractivity contribution in [2.24, 2.45) is 0 Å². The molecule has 0 bridgehead atoms. The van der Waals surface area contributed by atoms with Crippen LogP contribution in [-0.4, -0.2) is 37.4 Å². The van der Waals surface area contributed by atoms with Crippen LogP contribution in [0.15, 0.2) is 60.8 Å². The van der Waals surface area contributed by atoms with Crippen molar-refractivity contribution in [2.75, 3.05) is 26.1 Å². The van der Waals surface area contributed by atoms with E-state index in [9.17, 15) is 4.79 Å². The van der Waals surface area contributed by atoms with Crippen LogP contribution in [0.25, 0.3) is 10.9 Å². The minimum absolute atomic E-state index is 0.350. The Bertz CT molecular complexity index is 871. The first-order chi connectivity index (χ1) is 13.2. The lowest BCUT2D eigenvalue weighted by Crippen LogP contribution is -2.26. The van der Waals surface area contributed by atoms with Crippen LogP contribution in [0.1, 0.15) is 12.0 Å². The molecule has 5 nitrogen and oxygen atoms in total. The lowest BCUT2D eigenvalue weighted by molar-refractivity contribution is -0.152. The zero-order valence-electron chi connectivity index (χ0n) is 15.9. The summed E-state index contributed by atoms with van der Waals surface area (Å²) in [6, 6.07) is 18.7. The van der Waals surface area contributed by atoms with Gasteiger partial charge in [-0.15, -0.1) is 0 Å². The van der Waals surface area contributed by atoms with Crippen LogP contribution in [0.2, 0.25) is 0 Å². The van der Waals surface area contributed by atoms with Gasteiger partial charge in [-0.3, -0.25) is 0 Å². The number of methoxy groups -OCH3 is 2. The number of nitrogens with zero attached hydrogens (tertiary/aromatic N) is 1. The number of anilines is 1. The molecule has 0 fully saturated rings. The van der Waals surface area contributed by atoms with E-state index in [1.807, 2.05) is 24.3 Å². The zero-order chi connectivity index (χ0) is 19.1. The van der Waals surface area contributed by atoms with Gasteiger partial charge in [0.2, 0.25) is 0 Å². The van der Waals surface area contributed by atoms with E-state index in [0.717, 1.165) is 30.8 Å². The molecule has 0 spiro atoms. The number of esters is 1. The number of carbonyl (C=O) groups is 1. The van der Waals surface area contributed by atoms with Gasteiger partial charge in [-0.25, -0.2) is 4.79 Å². The number of nitrogens with one attached hydrogen (secondary N) is 1. The third-order valence-electron chi connectivity index (χ3n) is 4.71. The number of carbonyl (C=O) groups excluding carboxylic acids is 1. The third kappa shape index (κ3) is 4.89. The number of rotatable bonds is 9. The highest BCUT2D eigenvalue weighted by molar-refractivity contribution is 5.79. The number of ether oxygens (including phenoxy) is 2. The minimum Gasteiger partial charge on any atom is -0.467 e. The first-order valence-electron chi connectivity index (χ1n) is 9.18. The molecule has 3 rings (SSSR count). The first-order valence-corrected chi connectivity index (χ1v) is 9.18. The number of benzene rings is 2. The second-order valence-electron chi connectivity index (χ2n) is 6.50. The summed E-state index contributed by atoms with van der Waals surface area (Å²) >= 11 is 0. The maximum absolute atomic E-state index is 11.6. The summed E-state index contributed by atoms with van der Waals surface area (Å²) in [5.41, 5.74) is 3.39. The summed E-state index contributed by atoms with van der Waals surface area (Å²) in [5, 5.41) is 4.73. The van der Waals surface area contributed by atoms with Crippen molar-refractivity contribution in [3.05, 3.63) is 66.4 Å². The van der Waals surface area contributed by atoms with Crippen molar-refractivity contribution in [3.63, 3.8) is 0 Å². The molecule has 1 N–H and O–H groups in total. The largest absolute Gasteiger partial charge is 0.467 e. The molecular formula is C22H26N2O3. The maximum Gasteiger partial charge on any atom is 0.335 e. The molecule has 142 valence electrons. The van der Waals surface area contributed by atoms with Crippen molar-refractivity contribution >= 4 is 22.6 Å². The van der Waals surface area contributed by atoms with Crippen LogP contribution in [0, 0.1) is 0 Å². The summed E-state index contributed by atoms with van der Waals surface area (Å²) in [6.07, 6.45) is 3.12. The second kappa shape index (κ2) is 9.24. The molecule has 0 saturated heterocycles. The van der Waals surface area contributed by atoms with Crippen LogP contribution in [0.4, 0.5) is 5.69 Å². The molecule has 3 aromatic rings. The Hall–Kier alpha value is -2.79. The van der Waals surface area contributed by atoms with Gasteiger partial charge in [-0.05, 0) is 41.6 Å². The summed E-state index contributed by atoms with van der Waals surface area (Å²) in [7, 11) is 2.89. The number of hydrogen-bond donors (Lipinski definition) is 1. The van der Waals surface area contributed by atoms with E-state index in [1.54, 1.807) is 0 Å². The standard InChI is InChI=1S/C22H26N2O3/c1-26-21(22(25)27-2)16-17-8-10-19(11-9-17)23-13-5-14-24-15-12-18-6-3-4-7-20(18)24/h3-4,6-12,15,21,23H,5,13-14,16H2,1-2H3. The van der Waals surface area contributed by atoms with E-state index in [2.05, 4.69) is 46.4 Å². The van der Waals surface area contributed by atoms with Crippen LogP contribution in [-0.2, 0) is 27.2 Å². The molecule has 1 aromatic heterocycles. The van der Waals surface area contributed by atoms with Gasteiger partial charge in [-0.1, -0.05) is 30.3 Å². The molecule has 1 atom stereocenters. The normalized spacial score (nSPS) is 12.1. The number of aromatic nitrogens is 1. The number of hydrogen-bond acceptors (Lipinski definition) is 4. The lowest BCUT2D eigenvalue weighted by Gasteiger charge is -2.13. The summed E-state index contributed by atoms with van der Waals surface area (Å²) in [5.74, 6) is -0.350. The van der Waals surface area contributed by atoms with Crippen molar-refractivity contribution in [1.29, 1.82) is 0 Å². The molecule has 0 saturated carbocycles. The summed E-state index contributed by atoms with van der Waals surface area (Å²) in [4.78, 5) is 11.6. The van der Waals surface area contributed by atoms with E-state index < -0.39 is 6.10 Å². The summed E-state index contributed by atoms with van der Waals surface area (Å²) < 4.78 is 12.2. The number of fused-ring (bicyclic) bond motifs is 1. The predicted octanol–water partition coefficient (Wildman–Crippen LogP) is 3.87. The molecule has 1 heterocycles. The molecule has 1 unspecified atom stereocenters. The summed E-state index contributed by atoms with van der Waals surface area (Å²) in [6.45, 7) is 1.88. The molecule has 27 heavy (non-hydrogen) atoms. The van der Waals surface area contributed by atoms with E-state index in [4.69, 9.17) is 9.47 Å². The molecule has 5 heteroatoms. The average Bonchev–Trinajstić information content (AvgIpc) is 3.13. The quantitative estimate of drug-likeness (QED) is 0.461. The van der Waals surface area contributed by atoms with Crippen LogP contribution >= 0.6 is 0 Å². The smallest absolute Gasteiger partial charge is 0.335 e. The van der Waals surface area contributed by atoms with E-state index in [0.29, 0.717) is 6.42 Å². The number of para-hydroxylation sites is 1. The molecule has 0 amide bonds. The van der Waals surface area contributed by atoms with Crippen LogP contribution in [0.3, 0.4) is 0 Å². The molecule has 0 aliphatic heterocycles. The van der Waals surface area contributed by atoms with Crippen molar-refractivity contribution in [1.82, 2.24) is 4.57 Å². The fourth-order valence-corrected chi connectivity index (χ4v) is 3.18.